The van der Waals surface area contributed by atoms with Gasteiger partial charge in [0.25, 0.3) is 0 Å². The van der Waals surface area contributed by atoms with Crippen LogP contribution in [0.15, 0.2) is 0 Å². The number of hydrogen-bond acceptors (Lipinski definition) is 5. The molecule has 1 fully saturated rings. The first-order chi connectivity index (χ1) is 5.72. The van der Waals surface area contributed by atoms with Crippen LogP contribution in [0.2, 0.25) is 0 Å². The zero-order chi connectivity index (χ0) is 10.6. The van der Waals surface area contributed by atoms with Crippen LogP contribution in [0.1, 0.15) is 6.92 Å². The van der Waals surface area contributed by atoms with Crippen LogP contribution < -0.4 is 23.5 Å². The minimum atomic E-state index is -4.94. The first-order valence-electron chi connectivity index (χ1n) is 3.86. The van der Waals surface area contributed by atoms with Crippen LogP contribution in [0.3, 0.4) is 0 Å². The Hall–Kier alpha value is 0.0500. The van der Waals surface area contributed by atoms with E-state index < -0.39 is 10.2 Å². The van der Waals surface area contributed by atoms with Gasteiger partial charge in [0, 0.05) is 6.92 Å². The summed E-state index contributed by atoms with van der Waals surface area (Å²) in [5, 5.41) is 0. The summed E-state index contributed by atoms with van der Waals surface area (Å²) in [6, 6.07) is 0. The Morgan fingerprint density at radius 2 is 1.69 bits per heavy atom. The van der Waals surface area contributed by atoms with E-state index in [1.54, 1.807) is 4.90 Å². The lowest BCUT2D eigenvalue weighted by Gasteiger charge is -2.17. The average Bonchev–Trinajstić information content (AvgIpc) is 2.16. The van der Waals surface area contributed by atoms with Crippen LogP contribution in [0.5, 0.6) is 0 Å². The van der Waals surface area contributed by atoms with Crippen molar-refractivity contribution < 1.29 is 33.8 Å². The lowest BCUT2D eigenvalue weighted by atomic mass is 10.5. The monoisotopic (exact) mass is 214 g/mol. The zero-order valence-corrected chi connectivity index (χ0v) is 8.71. The highest BCUT2D eigenvalue weighted by Crippen LogP contribution is 1.89. The molecule has 1 N–H and O–H groups in total. The molecule has 2 atom stereocenters. The predicted octanol–water partition coefficient (Wildman–Crippen LogP) is -5.96. The molecule has 1 aliphatic rings. The Morgan fingerprint density at radius 3 is 1.77 bits per heavy atom. The summed E-state index contributed by atoms with van der Waals surface area (Å²) in [5.41, 5.74) is 0. The first-order valence-corrected chi connectivity index (χ1v) is 5.09. The zero-order valence-electron chi connectivity index (χ0n) is 7.95. The van der Waals surface area contributed by atoms with Gasteiger partial charge in [-0.05, 0) is 7.05 Å². The number of rotatable bonds is 0. The Bertz CT molecular complexity index is 136. The SMILES string of the molecule is CC1N(C)CC[NH+]1C.[O-][Cl+3]([O-])([O-])[O-]. The molecule has 0 saturated carbocycles. The summed E-state index contributed by atoms with van der Waals surface area (Å²) < 4.78 is 34.0. The minimum Gasteiger partial charge on any atom is -0.322 e. The lowest BCUT2D eigenvalue weighted by molar-refractivity contribution is -2.00. The van der Waals surface area contributed by atoms with Gasteiger partial charge < -0.3 is 4.90 Å². The largest absolute Gasteiger partial charge is 0.322 e. The van der Waals surface area contributed by atoms with E-state index in [1.165, 1.54) is 13.1 Å². The second kappa shape index (κ2) is 5.06. The third-order valence-electron chi connectivity index (χ3n) is 2.23. The fraction of sp³-hybridized carbons (Fsp3) is 1.00. The molecule has 0 aromatic rings. The maximum atomic E-state index is 8.49. The molecule has 13 heavy (non-hydrogen) atoms. The van der Waals surface area contributed by atoms with Gasteiger partial charge in [-0.1, -0.05) is 0 Å². The molecular weight excluding hydrogens is 200 g/mol. The molecule has 1 rings (SSSR count). The van der Waals surface area contributed by atoms with Crippen LogP contribution in [-0.4, -0.2) is 38.3 Å². The molecule has 0 aromatic heterocycles. The molecule has 0 bridgehead atoms. The topological polar surface area (TPSA) is 99.9 Å². The molecule has 0 radical (unpaired) electrons. The number of halogens is 1. The number of likely N-dealkylation sites (N-methyl/N-ethyl adjacent to an activating group) is 2. The van der Waals surface area contributed by atoms with Gasteiger partial charge in [-0.2, -0.15) is 0 Å². The number of hydrogen-bond donors (Lipinski definition) is 1. The number of nitrogens with one attached hydrogen (secondary N) is 1. The number of nitrogens with zero attached hydrogens (tertiary/aromatic N) is 1. The van der Waals surface area contributed by atoms with Crippen molar-refractivity contribution in [3.8, 4) is 0 Å². The molecular formula is C6H15ClN2O4. The highest BCUT2D eigenvalue weighted by Gasteiger charge is 2.24. The molecule has 0 aromatic carbocycles. The second-order valence-electron chi connectivity index (χ2n) is 3.13. The van der Waals surface area contributed by atoms with E-state index in [4.69, 9.17) is 18.6 Å². The Morgan fingerprint density at radius 1 is 1.31 bits per heavy atom. The van der Waals surface area contributed by atoms with Crippen LogP contribution in [0.25, 0.3) is 0 Å². The highest BCUT2D eigenvalue weighted by atomic mass is 35.7. The summed E-state index contributed by atoms with van der Waals surface area (Å²) in [6.45, 7) is 4.83. The van der Waals surface area contributed by atoms with Gasteiger partial charge in [-0.15, -0.1) is 10.2 Å². The average molecular weight is 215 g/mol. The van der Waals surface area contributed by atoms with Gasteiger partial charge in [0.15, 0.2) is 0 Å². The third-order valence-corrected chi connectivity index (χ3v) is 2.23. The van der Waals surface area contributed by atoms with Gasteiger partial charge in [0.2, 0.25) is 0 Å². The van der Waals surface area contributed by atoms with Gasteiger partial charge in [0.1, 0.15) is 6.17 Å². The quantitative estimate of drug-likeness (QED) is 0.433. The maximum Gasteiger partial charge on any atom is 0.140 e. The molecule has 7 heteroatoms. The fourth-order valence-electron chi connectivity index (χ4n) is 1.13. The van der Waals surface area contributed by atoms with E-state index in [9.17, 15) is 0 Å². The van der Waals surface area contributed by atoms with Crippen molar-refractivity contribution in [2.24, 2.45) is 0 Å². The maximum absolute atomic E-state index is 8.49. The Balaban J connectivity index is 0.000000252. The lowest BCUT2D eigenvalue weighted by Crippen LogP contribution is -3.11. The smallest absolute Gasteiger partial charge is 0.140 e. The predicted molar refractivity (Wildman–Crippen MR) is 33.8 cm³/mol. The molecule has 0 spiro atoms. The molecule has 1 aliphatic heterocycles. The van der Waals surface area contributed by atoms with E-state index in [0.717, 1.165) is 6.17 Å². The standard InChI is InChI=1S/C6H14N2.ClHO4/c1-6-7(2)4-5-8(6)3;2-1(3,4)5/h6H,4-5H2,1-3H3;(H,2,3,4,5). The van der Waals surface area contributed by atoms with Gasteiger partial charge in [-0.25, -0.2) is 18.6 Å². The minimum absolute atomic E-state index is 0.731. The van der Waals surface area contributed by atoms with E-state index in [1.807, 2.05) is 0 Å². The summed E-state index contributed by atoms with van der Waals surface area (Å²) in [7, 11) is -0.519. The van der Waals surface area contributed by atoms with Crippen molar-refractivity contribution in [3.63, 3.8) is 0 Å². The van der Waals surface area contributed by atoms with E-state index in [0.29, 0.717) is 0 Å². The molecule has 1 heterocycles. The Labute approximate surface area is 79.7 Å². The fourth-order valence-corrected chi connectivity index (χ4v) is 1.13. The molecule has 6 nitrogen and oxygen atoms in total. The summed E-state index contributed by atoms with van der Waals surface area (Å²) in [5.74, 6) is 0. The molecule has 2 unspecified atom stereocenters. The van der Waals surface area contributed by atoms with Crippen molar-refractivity contribution in [2.75, 3.05) is 27.2 Å². The van der Waals surface area contributed by atoms with Crippen molar-refractivity contribution >= 4 is 0 Å². The van der Waals surface area contributed by atoms with Crippen molar-refractivity contribution in [2.45, 2.75) is 13.1 Å². The third kappa shape index (κ3) is 7.15. The van der Waals surface area contributed by atoms with Crippen molar-refractivity contribution in [1.29, 1.82) is 0 Å². The second-order valence-corrected chi connectivity index (χ2v) is 3.89. The first kappa shape index (κ1) is 13.1. The normalized spacial score (nSPS) is 29.8. The molecule has 0 amide bonds. The van der Waals surface area contributed by atoms with Gasteiger partial charge in [0.05, 0.1) is 20.1 Å². The molecule has 0 aliphatic carbocycles. The van der Waals surface area contributed by atoms with Gasteiger partial charge >= 0.3 is 0 Å². The highest BCUT2D eigenvalue weighted by molar-refractivity contribution is 4.55. The van der Waals surface area contributed by atoms with Gasteiger partial charge in [-0.3, -0.25) is 4.90 Å². The van der Waals surface area contributed by atoms with Crippen LogP contribution in [0, 0.1) is 10.2 Å². The Kier molecular flexibility index (Phi) is 5.08. The molecule has 1 saturated heterocycles. The summed E-state index contributed by atoms with van der Waals surface area (Å²) >= 11 is 0. The van der Waals surface area contributed by atoms with Crippen LogP contribution in [-0.2, 0) is 0 Å². The number of quaternary nitrogens is 1. The van der Waals surface area contributed by atoms with Crippen LogP contribution >= 0.6 is 0 Å². The summed E-state index contributed by atoms with van der Waals surface area (Å²) in [4.78, 5) is 4.02. The van der Waals surface area contributed by atoms with Crippen LogP contribution in [0.4, 0.5) is 0 Å². The van der Waals surface area contributed by atoms with E-state index >= 15 is 0 Å². The van der Waals surface area contributed by atoms with E-state index in [2.05, 4.69) is 25.9 Å². The van der Waals surface area contributed by atoms with Crippen molar-refractivity contribution in [3.05, 3.63) is 0 Å². The summed E-state index contributed by atoms with van der Waals surface area (Å²) in [6.07, 6.45) is 0.731. The van der Waals surface area contributed by atoms with E-state index in [-0.39, 0.29) is 0 Å². The molecule has 80 valence electrons. The van der Waals surface area contributed by atoms with Crippen molar-refractivity contribution in [1.82, 2.24) is 4.90 Å².